The average molecular weight is 240 g/mol. The van der Waals surface area contributed by atoms with Gasteiger partial charge < -0.3 is 9.64 Å². The standard InChI is InChI=1S/C10H22ClNOS/c1-3-12(4-2)6-9-14-10-8-13-7-5-11/h3-10H2,1-2H3. The smallest absolute Gasteiger partial charge is 0.0602 e. The molecule has 0 rings (SSSR count). The first-order valence-electron chi connectivity index (χ1n) is 5.28. The zero-order valence-corrected chi connectivity index (χ0v) is 10.9. The van der Waals surface area contributed by atoms with E-state index in [2.05, 4.69) is 18.7 Å². The molecule has 0 bridgehead atoms. The summed E-state index contributed by atoms with van der Waals surface area (Å²) in [7, 11) is 0. The maximum Gasteiger partial charge on any atom is 0.0602 e. The van der Waals surface area contributed by atoms with Gasteiger partial charge in [0.25, 0.3) is 0 Å². The Morgan fingerprint density at radius 1 is 1.14 bits per heavy atom. The highest BCUT2D eigenvalue weighted by Gasteiger charge is 1.97. The number of alkyl halides is 1. The van der Waals surface area contributed by atoms with E-state index in [1.54, 1.807) is 0 Å². The second-order valence-corrected chi connectivity index (χ2v) is 4.54. The monoisotopic (exact) mass is 239 g/mol. The molecule has 0 saturated heterocycles. The lowest BCUT2D eigenvalue weighted by atomic mass is 10.5. The summed E-state index contributed by atoms with van der Waals surface area (Å²) in [6.07, 6.45) is 0. The molecule has 0 aliphatic heterocycles. The molecule has 0 aromatic rings. The highest BCUT2D eigenvalue weighted by atomic mass is 35.5. The van der Waals surface area contributed by atoms with E-state index in [-0.39, 0.29) is 0 Å². The molecule has 0 heterocycles. The highest BCUT2D eigenvalue weighted by Crippen LogP contribution is 2.01. The first kappa shape index (κ1) is 14.6. The van der Waals surface area contributed by atoms with Crippen molar-refractivity contribution in [2.45, 2.75) is 13.8 Å². The van der Waals surface area contributed by atoms with Crippen LogP contribution in [0.2, 0.25) is 0 Å². The summed E-state index contributed by atoms with van der Waals surface area (Å²) < 4.78 is 5.28. The normalized spacial score (nSPS) is 11.1. The zero-order valence-electron chi connectivity index (χ0n) is 9.30. The number of hydrogen-bond acceptors (Lipinski definition) is 3. The van der Waals surface area contributed by atoms with Crippen molar-refractivity contribution in [2.75, 3.05) is 50.2 Å². The fourth-order valence-electron chi connectivity index (χ4n) is 1.11. The SMILES string of the molecule is CCN(CC)CCSCCOCCCl. The van der Waals surface area contributed by atoms with Gasteiger partial charge in [-0.2, -0.15) is 11.8 Å². The molecule has 0 atom stereocenters. The topological polar surface area (TPSA) is 12.5 Å². The van der Waals surface area contributed by atoms with Gasteiger partial charge in [0.2, 0.25) is 0 Å². The summed E-state index contributed by atoms with van der Waals surface area (Å²) in [5.74, 6) is 2.88. The molecule has 14 heavy (non-hydrogen) atoms. The van der Waals surface area contributed by atoms with Gasteiger partial charge in [-0.25, -0.2) is 0 Å². The fraction of sp³-hybridized carbons (Fsp3) is 1.00. The third-order valence-corrected chi connectivity index (χ3v) is 3.12. The molecule has 2 nitrogen and oxygen atoms in total. The van der Waals surface area contributed by atoms with E-state index in [9.17, 15) is 0 Å². The molecule has 0 amide bonds. The van der Waals surface area contributed by atoms with E-state index in [1.807, 2.05) is 11.8 Å². The lowest BCUT2D eigenvalue weighted by Gasteiger charge is -2.17. The van der Waals surface area contributed by atoms with E-state index in [0.717, 1.165) is 25.4 Å². The minimum absolute atomic E-state index is 0.601. The molecule has 0 N–H and O–H groups in total. The average Bonchev–Trinajstić information content (AvgIpc) is 2.22. The Hall–Kier alpha value is 0.560. The van der Waals surface area contributed by atoms with Crippen molar-refractivity contribution in [3.8, 4) is 0 Å². The molecule has 0 radical (unpaired) electrons. The Kier molecular flexibility index (Phi) is 12.1. The fourth-order valence-corrected chi connectivity index (χ4v) is 2.05. The van der Waals surface area contributed by atoms with Gasteiger partial charge in [0.15, 0.2) is 0 Å². The van der Waals surface area contributed by atoms with Crippen molar-refractivity contribution < 1.29 is 4.74 Å². The molecule has 0 saturated carbocycles. The molecule has 0 spiro atoms. The number of nitrogens with zero attached hydrogens (tertiary/aromatic N) is 1. The Morgan fingerprint density at radius 3 is 2.43 bits per heavy atom. The molecular weight excluding hydrogens is 218 g/mol. The number of hydrogen-bond donors (Lipinski definition) is 0. The van der Waals surface area contributed by atoms with Crippen LogP contribution >= 0.6 is 23.4 Å². The number of rotatable bonds is 10. The first-order valence-corrected chi connectivity index (χ1v) is 6.97. The summed E-state index contributed by atoms with van der Waals surface area (Å²) in [5.41, 5.74) is 0. The van der Waals surface area contributed by atoms with Crippen LogP contribution in [0.3, 0.4) is 0 Å². The molecule has 0 aliphatic rings. The van der Waals surface area contributed by atoms with Crippen LogP contribution < -0.4 is 0 Å². The second kappa shape index (κ2) is 11.6. The van der Waals surface area contributed by atoms with Gasteiger partial charge in [0.05, 0.1) is 13.2 Å². The third kappa shape index (κ3) is 9.13. The number of halogens is 1. The largest absolute Gasteiger partial charge is 0.379 e. The third-order valence-electron chi connectivity index (χ3n) is 2.04. The lowest BCUT2D eigenvalue weighted by Crippen LogP contribution is -2.25. The minimum atomic E-state index is 0.601. The van der Waals surface area contributed by atoms with Crippen molar-refractivity contribution in [1.82, 2.24) is 4.90 Å². The predicted molar refractivity (Wildman–Crippen MR) is 66.7 cm³/mol. The van der Waals surface area contributed by atoms with E-state index >= 15 is 0 Å². The Morgan fingerprint density at radius 2 is 1.86 bits per heavy atom. The summed E-state index contributed by atoms with van der Waals surface area (Å²) in [5, 5.41) is 0. The van der Waals surface area contributed by atoms with Crippen molar-refractivity contribution in [2.24, 2.45) is 0 Å². The van der Waals surface area contributed by atoms with E-state index < -0.39 is 0 Å². The predicted octanol–water partition coefficient (Wildman–Crippen LogP) is 2.32. The van der Waals surface area contributed by atoms with E-state index in [1.165, 1.54) is 12.3 Å². The lowest BCUT2D eigenvalue weighted by molar-refractivity contribution is 0.166. The summed E-state index contributed by atoms with van der Waals surface area (Å²) in [6, 6.07) is 0. The summed E-state index contributed by atoms with van der Waals surface area (Å²) in [6.45, 7) is 9.41. The van der Waals surface area contributed by atoms with Gasteiger partial charge in [0.1, 0.15) is 0 Å². The number of ether oxygens (including phenoxy) is 1. The molecular formula is C10H22ClNOS. The van der Waals surface area contributed by atoms with Gasteiger partial charge >= 0.3 is 0 Å². The van der Waals surface area contributed by atoms with Crippen LogP contribution in [0.1, 0.15) is 13.8 Å². The van der Waals surface area contributed by atoms with Crippen LogP contribution in [0.25, 0.3) is 0 Å². The van der Waals surface area contributed by atoms with Crippen LogP contribution in [-0.4, -0.2) is 55.1 Å². The van der Waals surface area contributed by atoms with E-state index in [0.29, 0.717) is 12.5 Å². The Labute approximate surface area is 97.3 Å². The molecule has 4 heteroatoms. The van der Waals surface area contributed by atoms with Gasteiger partial charge in [-0.15, -0.1) is 11.6 Å². The first-order chi connectivity index (χ1) is 6.85. The zero-order chi connectivity index (χ0) is 10.6. The minimum Gasteiger partial charge on any atom is -0.379 e. The summed E-state index contributed by atoms with van der Waals surface area (Å²) >= 11 is 7.44. The van der Waals surface area contributed by atoms with Crippen LogP contribution in [0.15, 0.2) is 0 Å². The highest BCUT2D eigenvalue weighted by molar-refractivity contribution is 7.99. The van der Waals surface area contributed by atoms with Crippen molar-refractivity contribution in [1.29, 1.82) is 0 Å². The van der Waals surface area contributed by atoms with E-state index in [4.69, 9.17) is 16.3 Å². The molecule has 0 fully saturated rings. The van der Waals surface area contributed by atoms with Crippen molar-refractivity contribution in [3.63, 3.8) is 0 Å². The molecule has 0 aromatic carbocycles. The maximum absolute atomic E-state index is 5.48. The van der Waals surface area contributed by atoms with Crippen molar-refractivity contribution >= 4 is 23.4 Å². The van der Waals surface area contributed by atoms with Gasteiger partial charge in [-0.05, 0) is 13.1 Å². The maximum atomic E-state index is 5.48. The Bertz CT molecular complexity index is 112. The van der Waals surface area contributed by atoms with Gasteiger partial charge in [-0.1, -0.05) is 13.8 Å². The molecule has 0 aliphatic carbocycles. The van der Waals surface area contributed by atoms with Crippen molar-refractivity contribution in [3.05, 3.63) is 0 Å². The van der Waals surface area contributed by atoms with Crippen LogP contribution in [0.4, 0.5) is 0 Å². The second-order valence-electron chi connectivity index (χ2n) is 2.94. The van der Waals surface area contributed by atoms with Crippen LogP contribution in [-0.2, 0) is 4.74 Å². The number of thioether (sulfide) groups is 1. The van der Waals surface area contributed by atoms with Gasteiger partial charge in [0, 0.05) is 23.9 Å². The van der Waals surface area contributed by atoms with Crippen LogP contribution in [0, 0.1) is 0 Å². The molecule has 0 unspecified atom stereocenters. The molecule has 0 aromatic heterocycles. The summed E-state index contributed by atoms with van der Waals surface area (Å²) in [4.78, 5) is 2.44. The Balaban J connectivity index is 3.04. The van der Waals surface area contributed by atoms with Crippen LogP contribution in [0.5, 0.6) is 0 Å². The molecule has 86 valence electrons. The quantitative estimate of drug-likeness (QED) is 0.429. The van der Waals surface area contributed by atoms with Gasteiger partial charge in [-0.3, -0.25) is 0 Å².